The molecule has 8 nitrogen and oxygen atoms in total. The van der Waals surface area contributed by atoms with Gasteiger partial charge in [-0.15, -0.1) is 0 Å². The van der Waals surface area contributed by atoms with Crippen molar-refractivity contribution in [3.63, 3.8) is 0 Å². The molecule has 2 rings (SSSR count). The second-order valence-corrected chi connectivity index (χ2v) is 6.54. The number of esters is 1. The Kier molecular flexibility index (Phi) is 8.22. The Morgan fingerprint density at radius 2 is 1.73 bits per heavy atom. The SMILES string of the molecule is CCOc1cc(C(=O)OCC(=O)N(C)CC(=O)Nc2ccc(C)cc2)ccc1OC. The number of rotatable bonds is 9. The minimum absolute atomic E-state index is 0.165. The first-order chi connectivity index (χ1) is 14.3. The maximum Gasteiger partial charge on any atom is 0.338 e. The van der Waals surface area contributed by atoms with Gasteiger partial charge in [-0.2, -0.15) is 0 Å². The summed E-state index contributed by atoms with van der Waals surface area (Å²) in [4.78, 5) is 37.7. The summed E-state index contributed by atoms with van der Waals surface area (Å²) in [6.07, 6.45) is 0. The van der Waals surface area contributed by atoms with Gasteiger partial charge in [0.05, 0.1) is 25.8 Å². The molecule has 0 bridgehead atoms. The van der Waals surface area contributed by atoms with Crippen LogP contribution in [0, 0.1) is 6.92 Å². The van der Waals surface area contributed by atoms with Crippen LogP contribution in [0.5, 0.6) is 11.5 Å². The summed E-state index contributed by atoms with van der Waals surface area (Å²) >= 11 is 0. The highest BCUT2D eigenvalue weighted by atomic mass is 16.5. The molecule has 0 saturated heterocycles. The fourth-order valence-electron chi connectivity index (χ4n) is 2.53. The van der Waals surface area contributed by atoms with Crippen molar-refractivity contribution in [2.45, 2.75) is 13.8 Å². The maximum atomic E-state index is 12.3. The number of aryl methyl sites for hydroxylation is 1. The number of nitrogens with zero attached hydrogens (tertiary/aromatic N) is 1. The molecule has 0 unspecified atom stereocenters. The van der Waals surface area contributed by atoms with Gasteiger partial charge in [0, 0.05) is 12.7 Å². The average Bonchev–Trinajstić information content (AvgIpc) is 2.73. The quantitative estimate of drug-likeness (QED) is 0.634. The van der Waals surface area contributed by atoms with Gasteiger partial charge in [-0.1, -0.05) is 17.7 Å². The number of nitrogens with one attached hydrogen (secondary N) is 1. The molecule has 0 aliphatic rings. The average molecular weight is 414 g/mol. The van der Waals surface area contributed by atoms with Gasteiger partial charge in [0.25, 0.3) is 5.91 Å². The summed E-state index contributed by atoms with van der Waals surface area (Å²) in [6.45, 7) is 3.52. The van der Waals surface area contributed by atoms with Crippen molar-refractivity contribution >= 4 is 23.5 Å². The predicted molar refractivity (Wildman–Crippen MR) is 112 cm³/mol. The van der Waals surface area contributed by atoms with Crippen LogP contribution < -0.4 is 14.8 Å². The Morgan fingerprint density at radius 3 is 2.37 bits per heavy atom. The van der Waals surface area contributed by atoms with Gasteiger partial charge >= 0.3 is 5.97 Å². The molecule has 2 amide bonds. The topological polar surface area (TPSA) is 94.2 Å². The lowest BCUT2D eigenvalue weighted by Gasteiger charge is -2.17. The molecule has 0 aliphatic heterocycles. The van der Waals surface area contributed by atoms with Gasteiger partial charge < -0.3 is 24.4 Å². The number of hydrogen-bond donors (Lipinski definition) is 1. The van der Waals surface area contributed by atoms with Crippen molar-refractivity contribution in [2.75, 3.05) is 39.2 Å². The molecule has 0 radical (unpaired) electrons. The smallest absolute Gasteiger partial charge is 0.338 e. The van der Waals surface area contributed by atoms with Gasteiger partial charge in [0.15, 0.2) is 18.1 Å². The number of anilines is 1. The molecule has 0 atom stereocenters. The summed E-state index contributed by atoms with van der Waals surface area (Å²) in [7, 11) is 2.96. The van der Waals surface area contributed by atoms with Crippen molar-refractivity contribution in [3.05, 3.63) is 53.6 Å². The van der Waals surface area contributed by atoms with Crippen LogP contribution in [0.1, 0.15) is 22.8 Å². The lowest BCUT2D eigenvalue weighted by atomic mass is 10.2. The highest BCUT2D eigenvalue weighted by Gasteiger charge is 2.17. The molecule has 0 heterocycles. The maximum absolute atomic E-state index is 12.3. The molecule has 1 N–H and O–H groups in total. The number of likely N-dealkylation sites (N-methyl/N-ethyl adjacent to an activating group) is 1. The first-order valence-corrected chi connectivity index (χ1v) is 9.42. The minimum Gasteiger partial charge on any atom is -0.493 e. The predicted octanol–water partition coefficient (Wildman–Crippen LogP) is 2.66. The van der Waals surface area contributed by atoms with E-state index in [0.29, 0.717) is 23.8 Å². The number of hydrogen-bond acceptors (Lipinski definition) is 6. The van der Waals surface area contributed by atoms with Crippen LogP contribution in [0.15, 0.2) is 42.5 Å². The second-order valence-electron chi connectivity index (χ2n) is 6.54. The van der Waals surface area contributed by atoms with E-state index in [9.17, 15) is 14.4 Å². The van der Waals surface area contributed by atoms with Gasteiger partial charge in [-0.05, 0) is 44.2 Å². The Hall–Kier alpha value is -3.55. The second kappa shape index (κ2) is 10.8. The fraction of sp³-hybridized carbons (Fsp3) is 0.318. The number of methoxy groups -OCH3 is 1. The minimum atomic E-state index is -0.676. The molecule has 0 fully saturated rings. The largest absolute Gasteiger partial charge is 0.493 e. The Labute approximate surface area is 175 Å². The van der Waals surface area contributed by atoms with E-state index in [1.54, 1.807) is 18.2 Å². The van der Waals surface area contributed by atoms with Crippen LogP contribution in [-0.4, -0.2) is 56.6 Å². The van der Waals surface area contributed by atoms with E-state index in [-0.39, 0.29) is 18.0 Å². The van der Waals surface area contributed by atoms with E-state index in [0.717, 1.165) is 5.56 Å². The number of ether oxygens (including phenoxy) is 3. The van der Waals surface area contributed by atoms with Crippen molar-refractivity contribution in [1.82, 2.24) is 4.90 Å². The van der Waals surface area contributed by atoms with Crippen LogP contribution in [0.4, 0.5) is 5.69 Å². The lowest BCUT2D eigenvalue weighted by Crippen LogP contribution is -2.37. The van der Waals surface area contributed by atoms with Crippen LogP contribution >= 0.6 is 0 Å². The lowest BCUT2D eigenvalue weighted by molar-refractivity contribution is -0.136. The van der Waals surface area contributed by atoms with Crippen LogP contribution in [0.3, 0.4) is 0 Å². The van der Waals surface area contributed by atoms with Crippen LogP contribution in [0.2, 0.25) is 0 Å². The zero-order valence-corrected chi connectivity index (χ0v) is 17.6. The molecule has 0 spiro atoms. The molecule has 0 saturated carbocycles. The van der Waals surface area contributed by atoms with E-state index in [4.69, 9.17) is 14.2 Å². The van der Waals surface area contributed by atoms with E-state index < -0.39 is 18.5 Å². The normalized spacial score (nSPS) is 10.1. The molecular formula is C22H26N2O6. The zero-order valence-electron chi connectivity index (χ0n) is 17.6. The Morgan fingerprint density at radius 1 is 1.03 bits per heavy atom. The number of carbonyl (C=O) groups is 3. The Bertz CT molecular complexity index is 895. The van der Waals surface area contributed by atoms with E-state index in [2.05, 4.69) is 5.32 Å². The fourth-order valence-corrected chi connectivity index (χ4v) is 2.53. The molecule has 2 aromatic rings. The van der Waals surface area contributed by atoms with E-state index >= 15 is 0 Å². The zero-order chi connectivity index (χ0) is 22.1. The summed E-state index contributed by atoms with van der Waals surface area (Å²) < 4.78 is 15.7. The van der Waals surface area contributed by atoms with Crippen molar-refractivity contribution in [3.8, 4) is 11.5 Å². The van der Waals surface area contributed by atoms with E-state index in [1.807, 2.05) is 26.0 Å². The van der Waals surface area contributed by atoms with Crippen molar-refractivity contribution in [2.24, 2.45) is 0 Å². The first-order valence-electron chi connectivity index (χ1n) is 9.42. The molecule has 0 aliphatic carbocycles. The number of carbonyl (C=O) groups excluding carboxylic acids is 3. The number of benzene rings is 2. The van der Waals surface area contributed by atoms with Crippen LogP contribution in [-0.2, 0) is 14.3 Å². The standard InChI is InChI=1S/C22H26N2O6/c1-5-29-19-12-16(8-11-18(19)28-4)22(27)30-14-21(26)24(3)13-20(25)23-17-9-6-15(2)7-10-17/h6-12H,5,13-14H2,1-4H3,(H,23,25). The highest BCUT2D eigenvalue weighted by molar-refractivity contribution is 5.95. The third-order valence-electron chi connectivity index (χ3n) is 4.17. The third kappa shape index (κ3) is 6.51. The van der Waals surface area contributed by atoms with E-state index in [1.165, 1.54) is 31.2 Å². The van der Waals surface area contributed by atoms with Gasteiger partial charge in [-0.3, -0.25) is 9.59 Å². The van der Waals surface area contributed by atoms with Crippen molar-refractivity contribution in [1.29, 1.82) is 0 Å². The molecule has 8 heteroatoms. The first kappa shape index (κ1) is 22.7. The molecule has 30 heavy (non-hydrogen) atoms. The van der Waals surface area contributed by atoms with Gasteiger partial charge in [-0.25, -0.2) is 4.79 Å². The third-order valence-corrected chi connectivity index (χ3v) is 4.17. The summed E-state index contributed by atoms with van der Waals surface area (Å²) in [5.74, 6) is -0.627. The number of amides is 2. The monoisotopic (exact) mass is 414 g/mol. The van der Waals surface area contributed by atoms with Crippen LogP contribution in [0.25, 0.3) is 0 Å². The Balaban J connectivity index is 1.86. The van der Waals surface area contributed by atoms with Gasteiger partial charge in [0.2, 0.25) is 5.91 Å². The summed E-state index contributed by atoms with van der Waals surface area (Å²) in [5.41, 5.74) is 1.95. The molecule has 0 aromatic heterocycles. The molecule has 160 valence electrons. The van der Waals surface area contributed by atoms with Crippen molar-refractivity contribution < 1.29 is 28.6 Å². The highest BCUT2D eigenvalue weighted by Crippen LogP contribution is 2.28. The summed E-state index contributed by atoms with van der Waals surface area (Å²) in [5, 5.41) is 2.71. The summed E-state index contributed by atoms with van der Waals surface area (Å²) in [6, 6.07) is 11.9. The molecular weight excluding hydrogens is 388 g/mol. The van der Waals surface area contributed by atoms with Gasteiger partial charge in [0.1, 0.15) is 0 Å². The molecule has 2 aromatic carbocycles.